The standard InChI is InChI=1S/C6H10N2OS/c1-5-7-6(10-8-5)3-2-4-9/h9H,2-4H2,1H3. The summed E-state index contributed by atoms with van der Waals surface area (Å²) >= 11 is 1.42. The van der Waals surface area contributed by atoms with Crippen molar-refractivity contribution in [3.63, 3.8) is 0 Å². The van der Waals surface area contributed by atoms with Crippen LogP contribution >= 0.6 is 11.5 Å². The molecule has 1 rings (SSSR count). The van der Waals surface area contributed by atoms with E-state index in [1.807, 2.05) is 6.92 Å². The number of aromatic nitrogens is 2. The van der Waals surface area contributed by atoms with Gasteiger partial charge in [-0.3, -0.25) is 0 Å². The van der Waals surface area contributed by atoms with Gasteiger partial charge in [0, 0.05) is 13.0 Å². The van der Waals surface area contributed by atoms with E-state index in [0.717, 1.165) is 23.7 Å². The Bertz CT molecular complexity index is 199. The van der Waals surface area contributed by atoms with Crippen molar-refractivity contribution in [2.45, 2.75) is 19.8 Å². The highest BCUT2D eigenvalue weighted by molar-refractivity contribution is 7.05. The van der Waals surface area contributed by atoms with Gasteiger partial charge in [-0.25, -0.2) is 4.98 Å². The lowest BCUT2D eigenvalue weighted by Crippen LogP contribution is -1.87. The van der Waals surface area contributed by atoms with E-state index in [-0.39, 0.29) is 6.61 Å². The van der Waals surface area contributed by atoms with Crippen molar-refractivity contribution < 1.29 is 5.11 Å². The number of aryl methyl sites for hydroxylation is 2. The molecule has 56 valence electrons. The molecule has 0 atom stereocenters. The molecule has 0 aliphatic carbocycles. The molecule has 0 spiro atoms. The van der Waals surface area contributed by atoms with Crippen LogP contribution in [0.15, 0.2) is 0 Å². The average Bonchev–Trinajstić information content (AvgIpc) is 2.31. The summed E-state index contributed by atoms with van der Waals surface area (Å²) in [5, 5.41) is 9.51. The molecule has 0 saturated heterocycles. The zero-order valence-electron chi connectivity index (χ0n) is 5.87. The van der Waals surface area contributed by atoms with Crippen LogP contribution in [0.5, 0.6) is 0 Å². The van der Waals surface area contributed by atoms with Gasteiger partial charge in [0.1, 0.15) is 10.8 Å². The molecule has 0 aromatic carbocycles. The summed E-state index contributed by atoms with van der Waals surface area (Å²) in [6, 6.07) is 0. The van der Waals surface area contributed by atoms with Gasteiger partial charge >= 0.3 is 0 Å². The molecule has 3 nitrogen and oxygen atoms in total. The molecule has 1 aromatic heterocycles. The third-order valence-corrected chi connectivity index (χ3v) is 1.98. The smallest absolute Gasteiger partial charge is 0.139 e. The summed E-state index contributed by atoms with van der Waals surface area (Å²) in [7, 11) is 0. The highest BCUT2D eigenvalue weighted by Crippen LogP contribution is 2.05. The Morgan fingerprint density at radius 1 is 1.60 bits per heavy atom. The predicted molar refractivity (Wildman–Crippen MR) is 40.1 cm³/mol. The van der Waals surface area contributed by atoms with Crippen LogP contribution in [0.1, 0.15) is 17.3 Å². The second-order valence-corrected chi connectivity index (χ2v) is 2.90. The normalized spacial score (nSPS) is 10.2. The van der Waals surface area contributed by atoms with E-state index in [4.69, 9.17) is 5.11 Å². The van der Waals surface area contributed by atoms with Gasteiger partial charge in [0.2, 0.25) is 0 Å². The lowest BCUT2D eigenvalue weighted by molar-refractivity contribution is 0.288. The topological polar surface area (TPSA) is 46.0 Å². The summed E-state index contributed by atoms with van der Waals surface area (Å²) in [6.07, 6.45) is 1.64. The number of nitrogens with zero attached hydrogens (tertiary/aromatic N) is 2. The lowest BCUT2D eigenvalue weighted by Gasteiger charge is -1.88. The van der Waals surface area contributed by atoms with Crippen molar-refractivity contribution in [1.29, 1.82) is 0 Å². The highest BCUT2D eigenvalue weighted by atomic mass is 32.1. The second kappa shape index (κ2) is 3.63. The molecule has 0 radical (unpaired) electrons. The zero-order valence-corrected chi connectivity index (χ0v) is 6.69. The van der Waals surface area contributed by atoms with Crippen LogP contribution in [0.25, 0.3) is 0 Å². The monoisotopic (exact) mass is 158 g/mol. The highest BCUT2D eigenvalue weighted by Gasteiger charge is 1.97. The maximum Gasteiger partial charge on any atom is 0.139 e. The number of rotatable bonds is 3. The maximum atomic E-state index is 8.49. The molecule has 0 aliphatic heterocycles. The van der Waals surface area contributed by atoms with Crippen LogP contribution in [-0.4, -0.2) is 21.1 Å². The molecule has 10 heavy (non-hydrogen) atoms. The van der Waals surface area contributed by atoms with E-state index in [1.165, 1.54) is 11.5 Å². The number of aliphatic hydroxyl groups is 1. The van der Waals surface area contributed by atoms with E-state index < -0.39 is 0 Å². The first-order chi connectivity index (χ1) is 4.83. The molecule has 4 heteroatoms. The van der Waals surface area contributed by atoms with Crippen molar-refractivity contribution in [2.24, 2.45) is 0 Å². The number of aliphatic hydroxyl groups excluding tert-OH is 1. The Hall–Kier alpha value is -0.480. The zero-order chi connectivity index (χ0) is 7.40. The summed E-state index contributed by atoms with van der Waals surface area (Å²) < 4.78 is 4.02. The molecule has 0 unspecified atom stereocenters. The second-order valence-electron chi connectivity index (χ2n) is 2.06. The first-order valence-corrected chi connectivity index (χ1v) is 4.00. The Kier molecular flexibility index (Phi) is 2.77. The summed E-state index contributed by atoms with van der Waals surface area (Å²) in [4.78, 5) is 4.14. The molecule has 0 aliphatic rings. The Balaban J connectivity index is 2.42. The van der Waals surface area contributed by atoms with E-state index >= 15 is 0 Å². The summed E-state index contributed by atoms with van der Waals surface area (Å²) in [6.45, 7) is 2.11. The fourth-order valence-electron chi connectivity index (χ4n) is 0.672. The fourth-order valence-corrected chi connectivity index (χ4v) is 1.36. The van der Waals surface area contributed by atoms with Crippen LogP contribution in [0.4, 0.5) is 0 Å². The minimum Gasteiger partial charge on any atom is -0.396 e. The fraction of sp³-hybridized carbons (Fsp3) is 0.667. The Morgan fingerprint density at radius 3 is 2.90 bits per heavy atom. The first kappa shape index (κ1) is 7.63. The maximum absolute atomic E-state index is 8.49. The molecule has 1 aromatic rings. The lowest BCUT2D eigenvalue weighted by atomic mass is 10.3. The molecule has 1 N–H and O–H groups in total. The van der Waals surface area contributed by atoms with E-state index in [9.17, 15) is 0 Å². The molecule has 1 heterocycles. The van der Waals surface area contributed by atoms with Crippen molar-refractivity contribution in [2.75, 3.05) is 6.61 Å². The van der Waals surface area contributed by atoms with Gasteiger partial charge in [-0.2, -0.15) is 4.37 Å². The van der Waals surface area contributed by atoms with Crippen molar-refractivity contribution in [3.8, 4) is 0 Å². The van der Waals surface area contributed by atoms with Crippen molar-refractivity contribution >= 4 is 11.5 Å². The third kappa shape index (κ3) is 2.04. The predicted octanol–water partition coefficient (Wildman–Crippen LogP) is 0.771. The van der Waals surface area contributed by atoms with E-state index in [0.29, 0.717) is 0 Å². The molecule has 0 bridgehead atoms. The van der Waals surface area contributed by atoms with Gasteiger partial charge in [-0.15, -0.1) is 0 Å². The van der Waals surface area contributed by atoms with Gasteiger partial charge in [0.25, 0.3) is 0 Å². The Morgan fingerprint density at radius 2 is 2.40 bits per heavy atom. The molecule has 0 fully saturated rings. The largest absolute Gasteiger partial charge is 0.396 e. The summed E-state index contributed by atoms with van der Waals surface area (Å²) in [5.74, 6) is 0.831. The van der Waals surface area contributed by atoms with Gasteiger partial charge in [0.05, 0.1) is 0 Å². The number of hydrogen-bond acceptors (Lipinski definition) is 4. The van der Waals surface area contributed by atoms with Crippen LogP contribution in [-0.2, 0) is 6.42 Å². The summed E-state index contributed by atoms with van der Waals surface area (Å²) in [5.41, 5.74) is 0. The first-order valence-electron chi connectivity index (χ1n) is 3.23. The minimum absolute atomic E-state index is 0.235. The molecule has 0 amide bonds. The van der Waals surface area contributed by atoms with Gasteiger partial charge in [0.15, 0.2) is 0 Å². The van der Waals surface area contributed by atoms with Crippen molar-refractivity contribution in [1.82, 2.24) is 9.36 Å². The van der Waals surface area contributed by atoms with Gasteiger partial charge < -0.3 is 5.11 Å². The molecular weight excluding hydrogens is 148 g/mol. The number of hydrogen-bond donors (Lipinski definition) is 1. The van der Waals surface area contributed by atoms with E-state index in [1.54, 1.807) is 0 Å². The van der Waals surface area contributed by atoms with Gasteiger partial charge in [-0.1, -0.05) is 0 Å². The van der Waals surface area contributed by atoms with Crippen LogP contribution in [0.3, 0.4) is 0 Å². The minimum atomic E-state index is 0.235. The molecule has 0 saturated carbocycles. The van der Waals surface area contributed by atoms with E-state index in [2.05, 4.69) is 9.36 Å². The molecular formula is C6H10N2OS. The Labute approximate surface area is 63.9 Å². The average molecular weight is 158 g/mol. The van der Waals surface area contributed by atoms with Gasteiger partial charge in [-0.05, 0) is 24.9 Å². The SMILES string of the molecule is Cc1nsc(CCCO)n1. The third-order valence-electron chi connectivity index (χ3n) is 1.12. The van der Waals surface area contributed by atoms with Crippen LogP contribution in [0, 0.1) is 6.92 Å². The quantitative estimate of drug-likeness (QED) is 0.706. The van der Waals surface area contributed by atoms with Crippen molar-refractivity contribution in [3.05, 3.63) is 10.8 Å². The van der Waals surface area contributed by atoms with Crippen LogP contribution in [0.2, 0.25) is 0 Å². The van der Waals surface area contributed by atoms with Crippen LogP contribution < -0.4 is 0 Å².